The van der Waals surface area contributed by atoms with Crippen LogP contribution in [0.1, 0.15) is 0 Å². The molecule has 2 rings (SSSR count). The van der Waals surface area contributed by atoms with Crippen molar-refractivity contribution >= 4 is 17.3 Å². The van der Waals surface area contributed by atoms with Crippen molar-refractivity contribution in [1.29, 1.82) is 0 Å². The molecule has 0 fully saturated rings. The molecule has 0 atom stereocenters. The van der Waals surface area contributed by atoms with E-state index in [1.165, 1.54) is 0 Å². The molecule has 2 aromatic rings. The lowest BCUT2D eigenvalue weighted by Crippen LogP contribution is -2.20. The second kappa shape index (κ2) is 6.47. The lowest BCUT2D eigenvalue weighted by atomic mass is 10.3. The SMILES string of the molecule is COc1cccc(OCC(=O)Nc2ccc(N)cc2)c1. The van der Waals surface area contributed by atoms with Crippen molar-refractivity contribution in [3.05, 3.63) is 48.5 Å². The summed E-state index contributed by atoms with van der Waals surface area (Å²) in [4.78, 5) is 11.7. The largest absolute Gasteiger partial charge is 0.497 e. The van der Waals surface area contributed by atoms with Gasteiger partial charge in [0.1, 0.15) is 11.5 Å². The predicted octanol–water partition coefficient (Wildman–Crippen LogP) is 2.29. The third kappa shape index (κ3) is 3.91. The number of benzene rings is 2. The van der Waals surface area contributed by atoms with E-state index in [4.69, 9.17) is 15.2 Å². The van der Waals surface area contributed by atoms with Gasteiger partial charge in [0.05, 0.1) is 7.11 Å². The van der Waals surface area contributed by atoms with Crippen LogP contribution in [0.15, 0.2) is 48.5 Å². The Hall–Kier alpha value is -2.69. The van der Waals surface area contributed by atoms with Gasteiger partial charge in [-0.25, -0.2) is 0 Å². The Kier molecular flexibility index (Phi) is 4.44. The van der Waals surface area contributed by atoms with Crippen LogP contribution in [0.2, 0.25) is 0 Å². The van der Waals surface area contributed by atoms with Crippen molar-refractivity contribution in [2.45, 2.75) is 0 Å². The highest BCUT2D eigenvalue weighted by atomic mass is 16.5. The van der Waals surface area contributed by atoms with Crippen molar-refractivity contribution < 1.29 is 14.3 Å². The zero-order chi connectivity index (χ0) is 14.4. The van der Waals surface area contributed by atoms with Gasteiger partial charge in [-0.05, 0) is 36.4 Å². The summed E-state index contributed by atoms with van der Waals surface area (Å²) in [6.07, 6.45) is 0. The molecule has 0 saturated heterocycles. The van der Waals surface area contributed by atoms with Crippen molar-refractivity contribution in [3.8, 4) is 11.5 Å². The summed E-state index contributed by atoms with van der Waals surface area (Å²) in [5.41, 5.74) is 6.90. The Morgan fingerprint density at radius 3 is 2.55 bits per heavy atom. The van der Waals surface area contributed by atoms with Crippen LogP contribution in [0.3, 0.4) is 0 Å². The highest BCUT2D eigenvalue weighted by Gasteiger charge is 2.04. The van der Waals surface area contributed by atoms with Gasteiger partial charge in [0, 0.05) is 17.4 Å². The number of rotatable bonds is 5. The van der Waals surface area contributed by atoms with Gasteiger partial charge >= 0.3 is 0 Å². The van der Waals surface area contributed by atoms with E-state index in [1.807, 2.05) is 0 Å². The molecule has 0 radical (unpaired) electrons. The average molecular weight is 272 g/mol. The Bertz CT molecular complexity index is 582. The lowest BCUT2D eigenvalue weighted by Gasteiger charge is -2.08. The third-order valence-electron chi connectivity index (χ3n) is 2.61. The number of carbonyl (C=O) groups excluding carboxylic acids is 1. The number of hydrogen-bond donors (Lipinski definition) is 2. The smallest absolute Gasteiger partial charge is 0.262 e. The molecule has 0 aliphatic carbocycles. The number of ether oxygens (including phenoxy) is 2. The fourth-order valence-electron chi connectivity index (χ4n) is 1.60. The summed E-state index contributed by atoms with van der Waals surface area (Å²) in [6, 6.07) is 14.0. The van der Waals surface area contributed by atoms with E-state index < -0.39 is 0 Å². The summed E-state index contributed by atoms with van der Waals surface area (Å²) in [5, 5.41) is 2.72. The van der Waals surface area contributed by atoms with Gasteiger partial charge in [0.15, 0.2) is 6.61 Å². The van der Waals surface area contributed by atoms with Gasteiger partial charge in [-0.3, -0.25) is 4.79 Å². The Labute approximate surface area is 117 Å². The molecule has 0 unspecified atom stereocenters. The maximum Gasteiger partial charge on any atom is 0.262 e. The molecule has 0 aromatic heterocycles. The minimum atomic E-state index is -0.238. The van der Waals surface area contributed by atoms with Crippen molar-refractivity contribution in [2.75, 3.05) is 24.8 Å². The molecule has 5 nitrogen and oxygen atoms in total. The van der Waals surface area contributed by atoms with Crippen LogP contribution in [-0.2, 0) is 4.79 Å². The number of nitrogen functional groups attached to an aromatic ring is 1. The predicted molar refractivity (Wildman–Crippen MR) is 78.0 cm³/mol. The Morgan fingerprint density at radius 2 is 1.85 bits per heavy atom. The first-order valence-electron chi connectivity index (χ1n) is 6.09. The van der Waals surface area contributed by atoms with Crippen molar-refractivity contribution in [2.24, 2.45) is 0 Å². The van der Waals surface area contributed by atoms with Crippen LogP contribution in [0.5, 0.6) is 11.5 Å². The standard InChI is InChI=1S/C15H16N2O3/c1-19-13-3-2-4-14(9-13)20-10-15(18)17-12-7-5-11(16)6-8-12/h2-9H,10,16H2,1H3,(H,17,18). The summed E-state index contributed by atoms with van der Waals surface area (Å²) >= 11 is 0. The maximum atomic E-state index is 11.7. The highest BCUT2D eigenvalue weighted by molar-refractivity contribution is 5.92. The van der Waals surface area contributed by atoms with Crippen LogP contribution in [-0.4, -0.2) is 19.6 Å². The minimum Gasteiger partial charge on any atom is -0.497 e. The van der Waals surface area contributed by atoms with Crippen LogP contribution >= 0.6 is 0 Å². The highest BCUT2D eigenvalue weighted by Crippen LogP contribution is 2.18. The quantitative estimate of drug-likeness (QED) is 0.819. The molecule has 2 aromatic carbocycles. The van der Waals surface area contributed by atoms with Crippen LogP contribution in [0.4, 0.5) is 11.4 Å². The Balaban J connectivity index is 1.87. The molecule has 1 amide bonds. The first-order chi connectivity index (χ1) is 9.67. The van der Waals surface area contributed by atoms with Crippen LogP contribution < -0.4 is 20.5 Å². The van der Waals surface area contributed by atoms with E-state index in [1.54, 1.807) is 55.6 Å². The molecule has 3 N–H and O–H groups in total. The normalized spacial score (nSPS) is 9.85. The first-order valence-corrected chi connectivity index (χ1v) is 6.09. The van der Waals surface area contributed by atoms with Gasteiger partial charge in [-0.2, -0.15) is 0 Å². The topological polar surface area (TPSA) is 73.6 Å². The zero-order valence-corrected chi connectivity index (χ0v) is 11.1. The molecule has 5 heteroatoms. The first kappa shape index (κ1) is 13.7. The van der Waals surface area contributed by atoms with Gasteiger partial charge < -0.3 is 20.5 Å². The van der Waals surface area contributed by atoms with Gasteiger partial charge in [-0.15, -0.1) is 0 Å². The van der Waals surface area contributed by atoms with E-state index in [-0.39, 0.29) is 12.5 Å². The molecule has 0 aliphatic heterocycles. The molecular weight excluding hydrogens is 256 g/mol. The molecular formula is C15H16N2O3. The monoisotopic (exact) mass is 272 g/mol. The third-order valence-corrected chi connectivity index (χ3v) is 2.61. The number of nitrogens with one attached hydrogen (secondary N) is 1. The maximum absolute atomic E-state index is 11.7. The van der Waals surface area contributed by atoms with E-state index >= 15 is 0 Å². The van der Waals surface area contributed by atoms with E-state index in [2.05, 4.69) is 5.32 Å². The molecule has 20 heavy (non-hydrogen) atoms. The van der Waals surface area contributed by atoms with Gasteiger partial charge in [0.25, 0.3) is 5.91 Å². The fraction of sp³-hybridized carbons (Fsp3) is 0.133. The van der Waals surface area contributed by atoms with Crippen LogP contribution in [0, 0.1) is 0 Å². The van der Waals surface area contributed by atoms with E-state index in [9.17, 15) is 4.79 Å². The Morgan fingerprint density at radius 1 is 1.15 bits per heavy atom. The summed E-state index contributed by atoms with van der Waals surface area (Å²) in [6.45, 7) is -0.0719. The van der Waals surface area contributed by atoms with Gasteiger partial charge in [0.2, 0.25) is 0 Å². The molecule has 0 aliphatic rings. The number of methoxy groups -OCH3 is 1. The lowest BCUT2D eigenvalue weighted by molar-refractivity contribution is -0.118. The number of hydrogen-bond acceptors (Lipinski definition) is 4. The second-order valence-electron chi connectivity index (χ2n) is 4.14. The number of nitrogens with two attached hydrogens (primary N) is 1. The number of amides is 1. The minimum absolute atomic E-state index is 0.0719. The molecule has 104 valence electrons. The molecule has 0 saturated carbocycles. The molecule has 0 heterocycles. The fourth-order valence-corrected chi connectivity index (χ4v) is 1.60. The number of carbonyl (C=O) groups is 1. The van der Waals surface area contributed by atoms with E-state index in [0.29, 0.717) is 22.9 Å². The second-order valence-corrected chi connectivity index (χ2v) is 4.14. The van der Waals surface area contributed by atoms with Gasteiger partial charge in [-0.1, -0.05) is 6.07 Å². The molecule has 0 spiro atoms. The van der Waals surface area contributed by atoms with Crippen molar-refractivity contribution in [3.63, 3.8) is 0 Å². The summed E-state index contributed by atoms with van der Waals surface area (Å²) in [7, 11) is 1.58. The number of anilines is 2. The van der Waals surface area contributed by atoms with Crippen molar-refractivity contribution in [1.82, 2.24) is 0 Å². The molecule has 0 bridgehead atoms. The average Bonchev–Trinajstić information content (AvgIpc) is 2.48. The zero-order valence-electron chi connectivity index (χ0n) is 11.1. The van der Waals surface area contributed by atoms with E-state index in [0.717, 1.165) is 0 Å². The van der Waals surface area contributed by atoms with Crippen LogP contribution in [0.25, 0.3) is 0 Å². The summed E-state index contributed by atoms with van der Waals surface area (Å²) < 4.78 is 10.5. The summed E-state index contributed by atoms with van der Waals surface area (Å²) in [5.74, 6) is 1.02.